The maximum atomic E-state index is 5.96. The summed E-state index contributed by atoms with van der Waals surface area (Å²) in [5.41, 5.74) is 3.94. The first-order chi connectivity index (χ1) is 11.7. The Morgan fingerprint density at radius 1 is 0.917 bits per heavy atom. The molecule has 0 aliphatic heterocycles. The van der Waals surface area contributed by atoms with Crippen LogP contribution in [0.2, 0.25) is 0 Å². The van der Waals surface area contributed by atoms with Gasteiger partial charge >= 0.3 is 0 Å². The zero-order chi connectivity index (χ0) is 16.8. The van der Waals surface area contributed by atoms with Crippen LogP contribution in [0.4, 0.5) is 0 Å². The number of nitrogens with one attached hydrogen (secondary N) is 1. The Balaban J connectivity index is 1.59. The number of hydrogen-bond donors (Lipinski definition) is 1. The van der Waals surface area contributed by atoms with Gasteiger partial charge in [-0.3, -0.25) is 0 Å². The van der Waals surface area contributed by atoms with Crippen molar-refractivity contribution in [3.63, 3.8) is 0 Å². The summed E-state index contributed by atoms with van der Waals surface area (Å²) in [7, 11) is 4.13. The molecule has 24 heavy (non-hydrogen) atoms. The van der Waals surface area contributed by atoms with E-state index in [0.717, 1.165) is 38.2 Å². The van der Waals surface area contributed by atoms with Crippen LogP contribution in [0.25, 0.3) is 10.9 Å². The second-order valence-corrected chi connectivity index (χ2v) is 6.47. The largest absolute Gasteiger partial charge is 0.492 e. The Morgan fingerprint density at radius 2 is 1.71 bits per heavy atom. The summed E-state index contributed by atoms with van der Waals surface area (Å²) in [4.78, 5) is 5.42. The first-order valence-corrected chi connectivity index (χ1v) is 8.64. The van der Waals surface area contributed by atoms with E-state index >= 15 is 0 Å². The van der Waals surface area contributed by atoms with Crippen LogP contribution in [-0.2, 0) is 12.8 Å². The Morgan fingerprint density at radius 3 is 2.58 bits per heavy atom. The van der Waals surface area contributed by atoms with E-state index in [9.17, 15) is 0 Å². The average molecular weight is 322 g/mol. The van der Waals surface area contributed by atoms with Gasteiger partial charge in [0.1, 0.15) is 12.4 Å². The number of aromatic amines is 1. The second-order valence-electron chi connectivity index (χ2n) is 6.47. The van der Waals surface area contributed by atoms with Gasteiger partial charge in [0.2, 0.25) is 0 Å². The molecule has 3 nitrogen and oxygen atoms in total. The highest BCUT2D eigenvalue weighted by atomic mass is 16.5. The van der Waals surface area contributed by atoms with E-state index in [4.69, 9.17) is 4.74 Å². The molecule has 2 aromatic carbocycles. The summed E-state index contributed by atoms with van der Waals surface area (Å²) < 4.78 is 5.96. The summed E-state index contributed by atoms with van der Waals surface area (Å²) in [5, 5.41) is 1.34. The highest BCUT2D eigenvalue weighted by Crippen LogP contribution is 2.23. The van der Waals surface area contributed by atoms with E-state index in [1.807, 2.05) is 6.20 Å². The van der Waals surface area contributed by atoms with Crippen molar-refractivity contribution in [3.05, 3.63) is 65.9 Å². The normalized spacial score (nSPS) is 11.3. The molecule has 0 aliphatic rings. The predicted molar refractivity (Wildman–Crippen MR) is 101 cm³/mol. The van der Waals surface area contributed by atoms with Crippen molar-refractivity contribution in [1.29, 1.82) is 0 Å². The highest BCUT2D eigenvalue weighted by Gasteiger charge is 2.05. The Hall–Kier alpha value is -2.26. The molecule has 1 heterocycles. The number of aromatic nitrogens is 1. The molecule has 126 valence electrons. The van der Waals surface area contributed by atoms with Gasteiger partial charge in [0.15, 0.2) is 0 Å². The van der Waals surface area contributed by atoms with Gasteiger partial charge in [0.05, 0.1) is 0 Å². The molecule has 0 saturated carbocycles. The number of ether oxygens (including phenoxy) is 1. The third-order valence-electron chi connectivity index (χ3n) is 4.35. The molecule has 3 aromatic rings. The Labute approximate surface area is 144 Å². The fourth-order valence-electron chi connectivity index (χ4n) is 3.03. The lowest BCUT2D eigenvalue weighted by atomic mass is 10.0. The molecule has 3 heteroatoms. The van der Waals surface area contributed by atoms with Crippen molar-refractivity contribution in [1.82, 2.24) is 9.88 Å². The van der Waals surface area contributed by atoms with Crippen LogP contribution in [0.15, 0.2) is 54.7 Å². The SMILES string of the molecule is CN(C)CCOc1ccccc1CCCc1cccc2[nH]ccc12. The number of para-hydroxylation sites is 1. The van der Waals surface area contributed by atoms with Crippen molar-refractivity contribution in [2.24, 2.45) is 0 Å². The van der Waals surface area contributed by atoms with Gasteiger partial charge in [0, 0.05) is 23.6 Å². The van der Waals surface area contributed by atoms with Crippen molar-refractivity contribution < 1.29 is 4.74 Å². The fourth-order valence-corrected chi connectivity index (χ4v) is 3.03. The molecule has 0 bridgehead atoms. The number of aryl methyl sites for hydroxylation is 2. The van der Waals surface area contributed by atoms with Crippen LogP contribution < -0.4 is 4.74 Å². The topological polar surface area (TPSA) is 28.3 Å². The van der Waals surface area contributed by atoms with Crippen LogP contribution in [-0.4, -0.2) is 37.1 Å². The van der Waals surface area contributed by atoms with E-state index in [-0.39, 0.29) is 0 Å². The van der Waals surface area contributed by atoms with E-state index < -0.39 is 0 Å². The molecular weight excluding hydrogens is 296 g/mol. The summed E-state index contributed by atoms with van der Waals surface area (Å²) in [6.45, 7) is 1.66. The van der Waals surface area contributed by atoms with Crippen LogP contribution >= 0.6 is 0 Å². The van der Waals surface area contributed by atoms with Crippen LogP contribution in [0.1, 0.15) is 17.5 Å². The first kappa shape index (κ1) is 16.6. The van der Waals surface area contributed by atoms with Crippen molar-refractivity contribution in [2.45, 2.75) is 19.3 Å². The lowest BCUT2D eigenvalue weighted by Crippen LogP contribution is -2.19. The van der Waals surface area contributed by atoms with Gasteiger partial charge in [-0.25, -0.2) is 0 Å². The molecular formula is C21H26N2O. The molecule has 3 rings (SSSR count). The summed E-state index contributed by atoms with van der Waals surface area (Å²) in [5.74, 6) is 1.03. The molecule has 0 unspecified atom stereocenters. The molecule has 0 fully saturated rings. The molecule has 0 saturated heterocycles. The second kappa shape index (κ2) is 8.02. The zero-order valence-corrected chi connectivity index (χ0v) is 14.6. The number of benzene rings is 2. The van der Waals surface area contributed by atoms with E-state index in [1.54, 1.807) is 0 Å². The number of likely N-dealkylation sites (N-methyl/N-ethyl adjacent to an activating group) is 1. The highest BCUT2D eigenvalue weighted by molar-refractivity contribution is 5.82. The molecule has 0 spiro atoms. The van der Waals surface area contributed by atoms with Crippen molar-refractivity contribution in [3.8, 4) is 5.75 Å². The zero-order valence-electron chi connectivity index (χ0n) is 14.6. The summed E-state index contributed by atoms with van der Waals surface area (Å²) in [6, 6.07) is 17.1. The van der Waals surface area contributed by atoms with Gasteiger partial charge in [-0.1, -0.05) is 30.3 Å². The molecule has 0 radical (unpaired) electrons. The smallest absolute Gasteiger partial charge is 0.122 e. The first-order valence-electron chi connectivity index (χ1n) is 8.64. The van der Waals surface area contributed by atoms with Crippen LogP contribution in [0.5, 0.6) is 5.75 Å². The van der Waals surface area contributed by atoms with E-state index in [1.165, 1.54) is 22.0 Å². The Bertz CT molecular complexity index is 776. The standard InChI is InChI=1S/C21H26N2O/c1-23(2)15-16-24-21-12-4-3-7-18(21)10-5-8-17-9-6-11-20-19(17)13-14-22-20/h3-4,6-7,9,11-14,22H,5,8,10,15-16H2,1-2H3. The Kier molecular flexibility index (Phi) is 5.55. The third-order valence-corrected chi connectivity index (χ3v) is 4.35. The van der Waals surface area contributed by atoms with E-state index in [0.29, 0.717) is 0 Å². The maximum Gasteiger partial charge on any atom is 0.122 e. The van der Waals surface area contributed by atoms with Gasteiger partial charge in [-0.05, 0) is 62.7 Å². The molecule has 0 amide bonds. The lowest BCUT2D eigenvalue weighted by molar-refractivity contribution is 0.259. The number of hydrogen-bond acceptors (Lipinski definition) is 2. The van der Waals surface area contributed by atoms with Crippen molar-refractivity contribution in [2.75, 3.05) is 27.2 Å². The van der Waals surface area contributed by atoms with Gasteiger partial charge in [-0.15, -0.1) is 0 Å². The lowest BCUT2D eigenvalue weighted by Gasteiger charge is -2.14. The maximum absolute atomic E-state index is 5.96. The quantitative estimate of drug-likeness (QED) is 0.670. The summed E-state index contributed by atoms with van der Waals surface area (Å²) in [6.07, 6.45) is 5.26. The fraction of sp³-hybridized carbons (Fsp3) is 0.333. The number of fused-ring (bicyclic) bond motifs is 1. The minimum absolute atomic E-state index is 0.729. The summed E-state index contributed by atoms with van der Waals surface area (Å²) >= 11 is 0. The minimum Gasteiger partial charge on any atom is -0.492 e. The van der Waals surface area contributed by atoms with Crippen LogP contribution in [0.3, 0.4) is 0 Å². The number of H-pyrrole nitrogens is 1. The number of rotatable bonds is 8. The predicted octanol–water partition coefficient (Wildman–Crippen LogP) is 4.28. The molecule has 1 aromatic heterocycles. The van der Waals surface area contributed by atoms with Crippen LogP contribution in [0, 0.1) is 0 Å². The van der Waals surface area contributed by atoms with Crippen molar-refractivity contribution >= 4 is 10.9 Å². The molecule has 1 N–H and O–H groups in total. The monoisotopic (exact) mass is 322 g/mol. The molecule has 0 aliphatic carbocycles. The van der Waals surface area contributed by atoms with Gasteiger partial charge < -0.3 is 14.6 Å². The average Bonchev–Trinajstić information content (AvgIpc) is 3.05. The molecule has 0 atom stereocenters. The minimum atomic E-state index is 0.729. The van der Waals surface area contributed by atoms with E-state index in [2.05, 4.69) is 72.5 Å². The van der Waals surface area contributed by atoms with Gasteiger partial charge in [0.25, 0.3) is 0 Å². The number of nitrogens with zero attached hydrogens (tertiary/aromatic N) is 1. The van der Waals surface area contributed by atoms with Gasteiger partial charge in [-0.2, -0.15) is 0 Å². The third kappa shape index (κ3) is 4.18.